The minimum atomic E-state index is -3.92. The van der Waals surface area contributed by atoms with E-state index >= 15 is 8.78 Å². The van der Waals surface area contributed by atoms with E-state index in [9.17, 15) is 22.4 Å². The molecule has 0 radical (unpaired) electrons. The lowest BCUT2D eigenvalue weighted by atomic mass is 9.57. The standard InChI is InChI=1S/C40H54F3N5O6S/c1-53-37(49)44-35-11-4-10-33(35)40(27-45-16-6-17-45,29-7-3-8-30(41)21-29)28-14-19-46(20-15-28)24-39(43)25-48(26-39)36-13-12-31(22-34(36)42)55(51,52)32-9-5-18-47(23-32)38(50)54-2/h3,7-8,12-13,21-22,28,32-33,35H,4-6,9-11,14-20,23-27H2,1-2H3,(H,44,49)/t32-,33-,35-,40-/m0/s1. The van der Waals surface area contributed by atoms with Crippen LogP contribution >= 0.6 is 0 Å². The van der Waals surface area contributed by atoms with Crippen LogP contribution in [0.1, 0.15) is 56.9 Å². The fraction of sp³-hybridized carbons (Fsp3) is 0.650. The number of hydrogen-bond acceptors (Lipinski definition) is 9. The molecule has 4 heterocycles. The van der Waals surface area contributed by atoms with Crippen LogP contribution in [0.3, 0.4) is 0 Å². The van der Waals surface area contributed by atoms with E-state index in [1.807, 2.05) is 6.07 Å². The third-order valence-electron chi connectivity index (χ3n) is 13.1. The van der Waals surface area contributed by atoms with Gasteiger partial charge in [-0.15, -0.1) is 0 Å². The van der Waals surface area contributed by atoms with Crippen molar-refractivity contribution in [2.75, 3.05) is 84.6 Å². The maximum atomic E-state index is 16.3. The van der Waals surface area contributed by atoms with Crippen molar-refractivity contribution < 1.29 is 40.7 Å². The number of methoxy groups -OCH3 is 2. The fourth-order valence-corrected chi connectivity index (χ4v) is 12.0. The summed E-state index contributed by atoms with van der Waals surface area (Å²) in [7, 11) is -1.31. The van der Waals surface area contributed by atoms with Crippen molar-refractivity contribution in [3.63, 3.8) is 0 Å². The summed E-state index contributed by atoms with van der Waals surface area (Å²) in [6.07, 6.45) is 5.16. The molecule has 0 aromatic heterocycles. The highest BCUT2D eigenvalue weighted by Crippen LogP contribution is 2.52. The molecule has 11 nitrogen and oxygen atoms in total. The van der Waals surface area contributed by atoms with Crippen LogP contribution < -0.4 is 10.2 Å². The largest absolute Gasteiger partial charge is 0.453 e. The van der Waals surface area contributed by atoms with Gasteiger partial charge >= 0.3 is 12.2 Å². The van der Waals surface area contributed by atoms with Crippen LogP contribution in [0.25, 0.3) is 0 Å². The predicted octanol–water partition coefficient (Wildman–Crippen LogP) is 5.38. The number of nitrogens with zero attached hydrogens (tertiary/aromatic N) is 4. The summed E-state index contributed by atoms with van der Waals surface area (Å²) in [5.74, 6) is -0.763. The Bertz CT molecular complexity index is 1820. The number of benzene rings is 2. The minimum absolute atomic E-state index is 0.0161. The third-order valence-corrected chi connectivity index (χ3v) is 15.2. The van der Waals surface area contributed by atoms with Gasteiger partial charge in [-0.25, -0.2) is 31.2 Å². The summed E-state index contributed by atoms with van der Waals surface area (Å²) in [6.45, 7) is 4.58. The zero-order chi connectivity index (χ0) is 39.0. The van der Waals surface area contributed by atoms with Gasteiger partial charge in [-0.3, -0.25) is 4.90 Å². The Hall–Kier alpha value is -3.56. The molecule has 0 spiro atoms. The molecule has 1 N–H and O–H groups in total. The summed E-state index contributed by atoms with van der Waals surface area (Å²) < 4.78 is 83.4. The van der Waals surface area contributed by atoms with E-state index in [-0.39, 0.29) is 60.5 Å². The zero-order valence-electron chi connectivity index (χ0n) is 31.9. The number of alkyl carbamates (subject to hydrolysis) is 1. The van der Waals surface area contributed by atoms with E-state index in [4.69, 9.17) is 9.47 Å². The van der Waals surface area contributed by atoms with E-state index < -0.39 is 44.2 Å². The van der Waals surface area contributed by atoms with Gasteiger partial charge < -0.3 is 29.5 Å². The number of amides is 2. The van der Waals surface area contributed by atoms with Crippen molar-refractivity contribution in [2.45, 2.75) is 78.6 Å². The van der Waals surface area contributed by atoms with Crippen molar-refractivity contribution >= 4 is 27.7 Å². The quantitative estimate of drug-likeness (QED) is 0.321. The number of hydrogen-bond donors (Lipinski definition) is 1. The SMILES string of the molecule is COC(=O)N[C@H]1CCC[C@@H]1[C@](CN1CCC1)(c1cccc(F)c1)C1CCN(CC2(F)CN(c3ccc(S(=O)(=O)[C@H]4CCCN(C(=O)OC)C4)cc3F)C2)CC1. The Kier molecular flexibility index (Phi) is 11.6. The number of piperidine rings is 2. The zero-order valence-corrected chi connectivity index (χ0v) is 32.7. The van der Waals surface area contributed by atoms with E-state index in [1.54, 1.807) is 17.0 Å². The molecule has 0 unspecified atom stereocenters. The number of ether oxygens (including phenoxy) is 2. The number of likely N-dealkylation sites (tertiary alicyclic amines) is 3. The van der Waals surface area contributed by atoms with E-state index in [2.05, 4.69) is 15.1 Å². The van der Waals surface area contributed by atoms with Gasteiger partial charge in [0.25, 0.3) is 0 Å². The van der Waals surface area contributed by atoms with Gasteiger partial charge in [-0.05, 0) is 119 Å². The molecule has 2 aromatic rings. The lowest BCUT2D eigenvalue weighted by Crippen LogP contribution is -2.65. The highest BCUT2D eigenvalue weighted by Gasteiger charge is 2.54. The van der Waals surface area contributed by atoms with Crippen LogP contribution in [-0.4, -0.2) is 132 Å². The third kappa shape index (κ3) is 8.03. The van der Waals surface area contributed by atoms with E-state index in [0.29, 0.717) is 32.5 Å². The average Bonchev–Trinajstić information content (AvgIpc) is 3.61. The number of alkyl halides is 1. The van der Waals surface area contributed by atoms with Gasteiger partial charge in [-0.2, -0.15) is 0 Å². The normalized spacial score (nSPS) is 26.1. The Morgan fingerprint density at radius 1 is 0.891 bits per heavy atom. The molecule has 55 heavy (non-hydrogen) atoms. The number of rotatable bonds is 11. The minimum Gasteiger partial charge on any atom is -0.453 e. The topological polar surface area (TPSA) is 112 Å². The van der Waals surface area contributed by atoms with Crippen molar-refractivity contribution in [3.05, 3.63) is 59.7 Å². The Morgan fingerprint density at radius 3 is 2.31 bits per heavy atom. The molecular formula is C40H54F3N5O6S. The maximum Gasteiger partial charge on any atom is 0.409 e. The van der Waals surface area contributed by atoms with Crippen LogP contribution in [0.15, 0.2) is 47.4 Å². The summed E-state index contributed by atoms with van der Waals surface area (Å²) in [4.78, 5) is 31.9. The van der Waals surface area contributed by atoms with Crippen LogP contribution in [0, 0.1) is 23.5 Å². The molecule has 4 aliphatic heterocycles. The van der Waals surface area contributed by atoms with Crippen molar-refractivity contribution in [3.8, 4) is 0 Å². The van der Waals surface area contributed by atoms with Gasteiger partial charge in [0, 0.05) is 37.6 Å². The van der Waals surface area contributed by atoms with Crippen LogP contribution in [0.2, 0.25) is 0 Å². The highest BCUT2D eigenvalue weighted by molar-refractivity contribution is 7.92. The molecule has 1 aliphatic carbocycles. The number of sulfone groups is 1. The first-order chi connectivity index (χ1) is 26.3. The summed E-state index contributed by atoms with van der Waals surface area (Å²) in [5, 5.41) is 2.24. The molecule has 302 valence electrons. The highest BCUT2D eigenvalue weighted by atomic mass is 32.2. The molecule has 1 saturated carbocycles. The molecule has 0 bridgehead atoms. The van der Waals surface area contributed by atoms with Gasteiger partial charge in [0.1, 0.15) is 11.6 Å². The fourth-order valence-electron chi connectivity index (χ4n) is 10.3. The predicted molar refractivity (Wildman–Crippen MR) is 202 cm³/mol. The van der Waals surface area contributed by atoms with Crippen molar-refractivity contribution in [2.24, 2.45) is 11.8 Å². The van der Waals surface area contributed by atoms with E-state index in [1.165, 1.54) is 37.3 Å². The smallest absolute Gasteiger partial charge is 0.409 e. The van der Waals surface area contributed by atoms with E-state index in [0.717, 1.165) is 69.8 Å². The number of halogens is 3. The lowest BCUT2D eigenvalue weighted by molar-refractivity contribution is 0.00575. The first-order valence-electron chi connectivity index (χ1n) is 19.7. The molecule has 15 heteroatoms. The molecule has 2 aromatic carbocycles. The molecule has 4 atom stereocenters. The second kappa shape index (κ2) is 16.1. The second-order valence-corrected chi connectivity index (χ2v) is 18.6. The lowest BCUT2D eigenvalue weighted by Gasteiger charge is -2.54. The van der Waals surface area contributed by atoms with Crippen LogP contribution in [0.5, 0.6) is 0 Å². The summed E-state index contributed by atoms with van der Waals surface area (Å²) in [6, 6.07) is 10.6. The molecule has 2 amide bonds. The number of carbonyl (C=O) groups excluding carboxylic acids is 2. The molecule has 7 rings (SSSR count). The number of carbonyl (C=O) groups is 2. The molecular weight excluding hydrogens is 736 g/mol. The molecule has 5 fully saturated rings. The Morgan fingerprint density at radius 2 is 1.65 bits per heavy atom. The summed E-state index contributed by atoms with van der Waals surface area (Å²) >= 11 is 0. The van der Waals surface area contributed by atoms with Gasteiger partial charge in [0.2, 0.25) is 0 Å². The number of nitrogens with one attached hydrogen (secondary N) is 1. The molecule has 4 saturated heterocycles. The van der Waals surface area contributed by atoms with Crippen LogP contribution in [-0.2, 0) is 24.7 Å². The summed E-state index contributed by atoms with van der Waals surface area (Å²) in [5.41, 5.74) is -0.877. The van der Waals surface area contributed by atoms with Crippen molar-refractivity contribution in [1.82, 2.24) is 20.0 Å². The van der Waals surface area contributed by atoms with Gasteiger partial charge in [-0.1, -0.05) is 18.6 Å². The second-order valence-electron chi connectivity index (χ2n) is 16.4. The first-order valence-corrected chi connectivity index (χ1v) is 21.3. The average molecular weight is 790 g/mol. The monoisotopic (exact) mass is 789 g/mol. The number of anilines is 1. The Balaban J connectivity index is 1.02. The Labute approximate surface area is 322 Å². The first kappa shape index (κ1) is 39.7. The van der Waals surface area contributed by atoms with Crippen LogP contribution in [0.4, 0.5) is 28.4 Å². The van der Waals surface area contributed by atoms with Crippen molar-refractivity contribution in [1.29, 1.82) is 0 Å². The molecule has 5 aliphatic rings. The van der Waals surface area contributed by atoms with Gasteiger partial charge in [0.05, 0.1) is 43.1 Å². The van der Waals surface area contributed by atoms with Gasteiger partial charge in [0.15, 0.2) is 15.5 Å². The maximum absolute atomic E-state index is 16.3.